The molecule has 0 aromatic carbocycles. The number of aliphatic hydroxyl groups excluding tert-OH is 1. The van der Waals surface area contributed by atoms with Crippen LogP contribution in [-0.2, 0) is 31.6 Å². The van der Waals surface area contributed by atoms with Crippen molar-refractivity contribution in [1.82, 2.24) is 9.55 Å². The molecule has 3 N–H and O–H groups in total. The average Bonchev–Trinajstić information content (AvgIpc) is 3.45. The maximum atomic E-state index is 15.5. The Bertz CT molecular complexity index is 1620. The highest BCUT2D eigenvalue weighted by Gasteiger charge is 2.47. The van der Waals surface area contributed by atoms with Gasteiger partial charge in [-0.2, -0.15) is 0 Å². The molecule has 0 radical (unpaired) electrons. The topological polar surface area (TPSA) is 221 Å². The van der Waals surface area contributed by atoms with Gasteiger partial charge in [0.15, 0.2) is 12.4 Å². The van der Waals surface area contributed by atoms with Gasteiger partial charge in [0, 0.05) is 37.3 Å². The van der Waals surface area contributed by atoms with Crippen LogP contribution in [0.3, 0.4) is 0 Å². The minimum Gasteiger partial charge on any atom is -0.790 e. The summed E-state index contributed by atoms with van der Waals surface area (Å²) >= 11 is 0. The van der Waals surface area contributed by atoms with E-state index in [0.717, 1.165) is 12.8 Å². The van der Waals surface area contributed by atoms with Crippen LogP contribution >= 0.6 is 23.2 Å². The van der Waals surface area contributed by atoms with E-state index in [-0.39, 0.29) is 18.7 Å². The lowest BCUT2D eigenvalue weighted by molar-refractivity contribution is -0.339. The second kappa shape index (κ2) is 16.3. The number of aliphatic hydroxyl groups is 1. The molecule has 45 heavy (non-hydrogen) atoms. The largest absolute Gasteiger partial charge is 0.790 e. The number of pyridine rings is 1. The van der Waals surface area contributed by atoms with E-state index in [1.807, 2.05) is 0 Å². The second-order valence-corrected chi connectivity index (χ2v) is 15.0. The Balaban J connectivity index is 1.80. The van der Waals surface area contributed by atoms with Gasteiger partial charge in [-0.25, -0.2) is 13.7 Å². The molecular weight excluding hydrogens is 654 g/mol. The molecule has 0 bridgehead atoms. The number of nitrogens with zero attached hydrogens (tertiary/aromatic N) is 2. The van der Waals surface area contributed by atoms with Gasteiger partial charge in [0.1, 0.15) is 11.8 Å². The van der Waals surface area contributed by atoms with Crippen LogP contribution < -0.4 is 20.4 Å². The fourth-order valence-corrected chi connectivity index (χ4v) is 8.70. The number of halogens is 1. The highest BCUT2D eigenvalue weighted by Crippen LogP contribution is 2.64. The van der Waals surface area contributed by atoms with Gasteiger partial charge >= 0.3 is 7.60 Å². The minimum absolute atomic E-state index is 0.216. The first-order valence-corrected chi connectivity index (χ1v) is 18.4. The number of fused-ring (bicyclic) bond motifs is 1. The molecule has 3 heterocycles. The number of phosphoric acid groups is 2. The third-order valence-electron chi connectivity index (χ3n) is 6.52. The van der Waals surface area contributed by atoms with Gasteiger partial charge in [-0.05, 0) is 38.2 Å². The number of nitrogen functional groups attached to an aromatic ring is 1. The number of nitrogens with two attached hydrogens (primary N) is 1. The van der Waals surface area contributed by atoms with E-state index in [2.05, 4.69) is 37.3 Å². The van der Waals surface area contributed by atoms with Crippen molar-refractivity contribution in [1.29, 1.82) is 0 Å². The minimum atomic E-state index is -6.10. The van der Waals surface area contributed by atoms with Gasteiger partial charge in [-0.1, -0.05) is 11.8 Å². The van der Waals surface area contributed by atoms with Gasteiger partial charge in [-0.3, -0.25) is 13.4 Å². The Hall–Kier alpha value is -2.53. The number of aromatic nitrogens is 2. The van der Waals surface area contributed by atoms with E-state index < -0.39 is 60.4 Å². The molecule has 1 fully saturated rings. The van der Waals surface area contributed by atoms with Crippen molar-refractivity contribution in [3.05, 3.63) is 24.0 Å². The van der Waals surface area contributed by atoms with Crippen molar-refractivity contribution in [2.24, 2.45) is 0 Å². The zero-order valence-electron chi connectivity index (χ0n) is 24.0. The van der Waals surface area contributed by atoms with Crippen molar-refractivity contribution in [2.75, 3.05) is 18.5 Å². The molecule has 1 aliphatic rings. The monoisotopic (exact) mass is 686 g/mol. The second-order valence-electron chi connectivity index (χ2n) is 9.94. The number of alkyl halides is 1. The predicted octanol–water partition coefficient (Wildman–Crippen LogP) is 2.49. The Morgan fingerprint density at radius 1 is 1.09 bits per heavy atom. The highest BCUT2D eigenvalue weighted by molar-refractivity contribution is 7.67. The van der Waals surface area contributed by atoms with Gasteiger partial charge in [-0.15, -0.1) is 24.7 Å². The van der Waals surface area contributed by atoms with Crippen LogP contribution in [0, 0.1) is 36.5 Å². The lowest BCUT2D eigenvalue weighted by Gasteiger charge is -2.36. The smallest absolute Gasteiger partial charge is 0.337 e. The van der Waals surface area contributed by atoms with Crippen molar-refractivity contribution >= 4 is 40.0 Å². The number of hydrogen-bond donors (Lipinski definition) is 2. The van der Waals surface area contributed by atoms with Crippen LogP contribution in [-0.4, -0.2) is 45.8 Å². The molecule has 0 saturated carbocycles. The lowest BCUT2D eigenvalue weighted by Crippen LogP contribution is -2.29. The molecule has 0 spiro atoms. The summed E-state index contributed by atoms with van der Waals surface area (Å²) in [7, 11) is -16.8. The maximum absolute atomic E-state index is 15.5. The molecule has 3 unspecified atom stereocenters. The van der Waals surface area contributed by atoms with Crippen molar-refractivity contribution in [3.63, 3.8) is 0 Å². The zero-order valence-corrected chi connectivity index (χ0v) is 26.7. The summed E-state index contributed by atoms with van der Waals surface area (Å²) < 4.78 is 71.7. The molecular formula is C27H32FN3O11P3-3. The summed E-state index contributed by atoms with van der Waals surface area (Å²) in [6.45, 7) is -0.329. The molecule has 2 aromatic heterocycles. The quantitative estimate of drug-likeness (QED) is 0.147. The molecule has 18 heteroatoms. The maximum Gasteiger partial charge on any atom is 0.337 e. The summed E-state index contributed by atoms with van der Waals surface area (Å²) in [6, 6.07) is 1.55. The Morgan fingerprint density at radius 3 is 2.42 bits per heavy atom. The normalized spacial score (nSPS) is 22.6. The number of anilines is 1. The van der Waals surface area contributed by atoms with Crippen LogP contribution in [0.2, 0.25) is 0 Å². The first-order valence-electron chi connectivity index (χ1n) is 13.8. The van der Waals surface area contributed by atoms with Gasteiger partial charge in [0.05, 0.1) is 37.6 Å². The molecule has 2 aromatic rings. The van der Waals surface area contributed by atoms with Crippen LogP contribution in [0.4, 0.5) is 10.1 Å². The van der Waals surface area contributed by atoms with Crippen molar-refractivity contribution < 1.29 is 55.8 Å². The van der Waals surface area contributed by atoms with Crippen LogP contribution in [0.1, 0.15) is 63.2 Å². The number of terminal acetylenes is 2. The predicted molar refractivity (Wildman–Crippen MR) is 156 cm³/mol. The summed E-state index contributed by atoms with van der Waals surface area (Å²) in [5.41, 5.74) is 7.16. The molecule has 1 aliphatic heterocycles. The number of rotatable bonds is 16. The zero-order chi connectivity index (χ0) is 33.3. The fraction of sp³-hybridized carbons (Fsp3) is 0.519. The SMILES string of the molecule is C#CCCCCC#Cc1cn([C@@H]2O[C@H](CCP(=O)(OCCCCC#C)OP(=O)([O-])OP(=O)([O-])[O-])[C@H](O)C2F)c2nccc(N)c12. The van der Waals surface area contributed by atoms with Gasteiger partial charge in [0.2, 0.25) is 0 Å². The summed E-state index contributed by atoms with van der Waals surface area (Å²) in [5, 5.41) is 11.1. The molecule has 0 amide bonds. The van der Waals surface area contributed by atoms with E-state index in [1.54, 1.807) is 6.07 Å². The molecule has 246 valence electrons. The molecule has 1 saturated heterocycles. The average molecular weight is 686 g/mol. The summed E-state index contributed by atoms with van der Waals surface area (Å²) in [5.74, 6) is 11.0. The first-order chi connectivity index (χ1) is 21.2. The first kappa shape index (κ1) is 36.9. The molecule has 14 nitrogen and oxygen atoms in total. The Kier molecular flexibility index (Phi) is 13.4. The number of unbranched alkanes of at least 4 members (excludes halogenated alkanes) is 5. The van der Waals surface area contributed by atoms with E-state index in [1.165, 1.54) is 17.0 Å². The van der Waals surface area contributed by atoms with Crippen LogP contribution in [0.25, 0.3) is 11.0 Å². The summed E-state index contributed by atoms with van der Waals surface area (Å²) in [6.07, 6.45) is 9.14. The standard InChI is InChI=1S/C27H35FN3O11P3/c1-3-5-7-9-10-11-13-20-19-31(26-23(20)21(29)14-16-30-26)27-24(28)25(32)22(40-27)15-18-43(33,39-17-12-8-6-4-2)41-45(37,38)42-44(34,35)36/h1-2,14,16,19,22,24-25,27,32H,5-10,12,15,17-18H2,(H2,29,30)(H,37,38)(H2,34,35,36)/p-3/t22-,24?,25+,27-,43?/m1/s1. The van der Waals surface area contributed by atoms with Crippen LogP contribution in [0.5, 0.6) is 0 Å². The fourth-order valence-electron chi connectivity index (χ4n) is 4.49. The Labute approximate surface area is 260 Å². The van der Waals surface area contributed by atoms with E-state index in [0.29, 0.717) is 42.3 Å². The Morgan fingerprint density at radius 2 is 1.76 bits per heavy atom. The third kappa shape index (κ3) is 10.8. The van der Waals surface area contributed by atoms with E-state index in [4.69, 9.17) is 27.8 Å². The summed E-state index contributed by atoms with van der Waals surface area (Å²) in [4.78, 5) is 37.9. The number of ether oxygens (including phenoxy) is 1. The highest BCUT2D eigenvalue weighted by atomic mass is 31.3. The lowest BCUT2D eigenvalue weighted by atomic mass is 10.1. The molecule has 6 atom stereocenters. The number of hydrogen-bond acceptors (Lipinski definition) is 13. The van der Waals surface area contributed by atoms with Crippen LogP contribution in [0.15, 0.2) is 18.5 Å². The van der Waals surface area contributed by atoms with Crippen molar-refractivity contribution in [3.8, 4) is 36.5 Å². The van der Waals surface area contributed by atoms with E-state index in [9.17, 15) is 33.5 Å². The van der Waals surface area contributed by atoms with E-state index >= 15 is 4.39 Å². The molecule has 3 rings (SSSR count). The van der Waals surface area contributed by atoms with Gasteiger partial charge < -0.3 is 43.9 Å². The molecule has 0 aliphatic carbocycles. The van der Waals surface area contributed by atoms with Gasteiger partial charge in [0.25, 0.3) is 7.82 Å². The third-order valence-corrected chi connectivity index (χ3v) is 11.3. The van der Waals surface area contributed by atoms with Crippen molar-refractivity contribution in [2.45, 2.75) is 76.0 Å².